The Morgan fingerprint density at radius 2 is 1.96 bits per heavy atom. The highest BCUT2D eigenvalue weighted by Crippen LogP contribution is 2.24. The number of rotatable bonds is 6. The summed E-state index contributed by atoms with van der Waals surface area (Å²) < 4.78 is 6.32. The topological polar surface area (TPSA) is 55.4 Å². The number of aryl methyl sites for hydroxylation is 1. The molecule has 0 aliphatic carbocycles. The molecule has 0 saturated carbocycles. The molecular formula is C18H18BrNO3. The van der Waals surface area contributed by atoms with E-state index >= 15 is 0 Å². The predicted octanol–water partition coefficient (Wildman–Crippen LogP) is 4.37. The third kappa shape index (κ3) is 4.93. The SMILES string of the molecule is CCC(=O)c1cc(Br)ccc1OCC(=O)Nc1cccc(C)c1. The molecule has 0 spiro atoms. The van der Waals surface area contributed by atoms with Crippen molar-refractivity contribution in [2.24, 2.45) is 0 Å². The van der Waals surface area contributed by atoms with Crippen LogP contribution in [0.1, 0.15) is 29.3 Å². The molecule has 5 heteroatoms. The minimum absolute atomic E-state index is 0.0274. The van der Waals surface area contributed by atoms with Crippen molar-refractivity contribution in [1.29, 1.82) is 0 Å². The average molecular weight is 376 g/mol. The summed E-state index contributed by atoms with van der Waals surface area (Å²) in [6.45, 7) is 3.59. The largest absolute Gasteiger partial charge is 0.483 e. The van der Waals surface area contributed by atoms with E-state index in [1.165, 1.54) is 0 Å². The van der Waals surface area contributed by atoms with Gasteiger partial charge in [-0.15, -0.1) is 0 Å². The lowest BCUT2D eigenvalue weighted by molar-refractivity contribution is -0.118. The molecule has 120 valence electrons. The second-order valence-corrected chi connectivity index (χ2v) is 6.04. The molecule has 2 rings (SSSR count). The Labute approximate surface area is 144 Å². The maximum Gasteiger partial charge on any atom is 0.262 e. The van der Waals surface area contributed by atoms with Crippen LogP contribution >= 0.6 is 15.9 Å². The standard InChI is InChI=1S/C18H18BrNO3/c1-3-16(21)15-10-13(19)7-8-17(15)23-11-18(22)20-14-6-4-5-12(2)9-14/h4-10H,3,11H2,1-2H3,(H,20,22). The summed E-state index contributed by atoms with van der Waals surface area (Å²) in [4.78, 5) is 23.9. The molecule has 0 aliphatic heterocycles. The number of carbonyl (C=O) groups excluding carboxylic acids is 2. The number of Topliss-reactive ketones (excluding diaryl/α,β-unsaturated/α-hetero) is 1. The minimum atomic E-state index is -0.270. The number of halogens is 1. The summed E-state index contributed by atoms with van der Waals surface area (Å²) in [5, 5.41) is 2.77. The second-order valence-electron chi connectivity index (χ2n) is 5.12. The zero-order valence-corrected chi connectivity index (χ0v) is 14.6. The van der Waals surface area contributed by atoms with Crippen LogP contribution in [0.3, 0.4) is 0 Å². The number of ether oxygens (including phenoxy) is 1. The number of nitrogens with one attached hydrogen (secondary N) is 1. The fourth-order valence-electron chi connectivity index (χ4n) is 2.10. The van der Waals surface area contributed by atoms with Crippen molar-refractivity contribution in [2.45, 2.75) is 20.3 Å². The molecular weight excluding hydrogens is 358 g/mol. The average Bonchev–Trinajstić information content (AvgIpc) is 2.53. The molecule has 23 heavy (non-hydrogen) atoms. The lowest BCUT2D eigenvalue weighted by Gasteiger charge is -2.11. The van der Waals surface area contributed by atoms with Gasteiger partial charge in [-0.3, -0.25) is 9.59 Å². The summed E-state index contributed by atoms with van der Waals surface area (Å²) in [5.41, 5.74) is 2.26. The Kier molecular flexibility index (Phi) is 5.93. The van der Waals surface area contributed by atoms with Crippen molar-refractivity contribution >= 4 is 33.3 Å². The zero-order valence-electron chi connectivity index (χ0n) is 13.1. The predicted molar refractivity (Wildman–Crippen MR) is 94.1 cm³/mol. The van der Waals surface area contributed by atoms with Gasteiger partial charge in [-0.25, -0.2) is 0 Å². The van der Waals surface area contributed by atoms with E-state index in [1.807, 2.05) is 31.2 Å². The van der Waals surface area contributed by atoms with Gasteiger partial charge < -0.3 is 10.1 Å². The van der Waals surface area contributed by atoms with Crippen molar-refractivity contribution < 1.29 is 14.3 Å². The summed E-state index contributed by atoms with van der Waals surface area (Å²) in [6, 6.07) is 12.7. The highest BCUT2D eigenvalue weighted by atomic mass is 79.9. The molecule has 0 heterocycles. The molecule has 0 fully saturated rings. The van der Waals surface area contributed by atoms with Gasteiger partial charge in [0, 0.05) is 16.6 Å². The molecule has 0 aliphatic rings. The van der Waals surface area contributed by atoms with Gasteiger partial charge in [0.2, 0.25) is 0 Å². The molecule has 4 nitrogen and oxygen atoms in total. The van der Waals surface area contributed by atoms with Crippen molar-refractivity contribution in [3.8, 4) is 5.75 Å². The van der Waals surface area contributed by atoms with E-state index in [-0.39, 0.29) is 18.3 Å². The maximum atomic E-state index is 12.0. The number of carbonyl (C=O) groups is 2. The molecule has 0 radical (unpaired) electrons. The fourth-order valence-corrected chi connectivity index (χ4v) is 2.46. The van der Waals surface area contributed by atoms with Crippen LogP contribution in [0.25, 0.3) is 0 Å². The smallest absolute Gasteiger partial charge is 0.262 e. The van der Waals surface area contributed by atoms with E-state index in [2.05, 4.69) is 21.2 Å². The van der Waals surface area contributed by atoms with Crippen molar-refractivity contribution in [3.63, 3.8) is 0 Å². The van der Waals surface area contributed by atoms with Crippen LogP contribution in [0, 0.1) is 6.92 Å². The number of anilines is 1. The monoisotopic (exact) mass is 375 g/mol. The highest BCUT2D eigenvalue weighted by molar-refractivity contribution is 9.10. The zero-order chi connectivity index (χ0) is 16.8. The normalized spacial score (nSPS) is 10.2. The summed E-state index contributed by atoms with van der Waals surface area (Å²) in [6.07, 6.45) is 0.377. The first-order chi connectivity index (χ1) is 11.0. The van der Waals surface area contributed by atoms with E-state index in [4.69, 9.17) is 4.74 Å². The highest BCUT2D eigenvalue weighted by Gasteiger charge is 2.13. The van der Waals surface area contributed by atoms with Crippen LogP contribution in [0.4, 0.5) is 5.69 Å². The lowest BCUT2D eigenvalue weighted by atomic mass is 10.1. The molecule has 0 bridgehead atoms. The summed E-state index contributed by atoms with van der Waals surface area (Å²) in [7, 11) is 0. The van der Waals surface area contributed by atoms with Crippen LogP contribution in [0.2, 0.25) is 0 Å². The van der Waals surface area contributed by atoms with Crippen LogP contribution in [-0.4, -0.2) is 18.3 Å². The first-order valence-corrected chi connectivity index (χ1v) is 8.11. The van der Waals surface area contributed by atoms with Gasteiger partial charge in [-0.05, 0) is 42.8 Å². The van der Waals surface area contributed by atoms with Crippen LogP contribution in [0.15, 0.2) is 46.9 Å². The Morgan fingerprint density at radius 3 is 2.65 bits per heavy atom. The van der Waals surface area contributed by atoms with Gasteiger partial charge in [0.1, 0.15) is 5.75 Å². The minimum Gasteiger partial charge on any atom is -0.483 e. The van der Waals surface area contributed by atoms with Gasteiger partial charge >= 0.3 is 0 Å². The molecule has 1 N–H and O–H groups in total. The maximum absolute atomic E-state index is 12.0. The van der Waals surface area contributed by atoms with E-state index in [0.29, 0.717) is 17.7 Å². The first-order valence-electron chi connectivity index (χ1n) is 7.31. The van der Waals surface area contributed by atoms with E-state index < -0.39 is 0 Å². The van der Waals surface area contributed by atoms with E-state index in [1.54, 1.807) is 25.1 Å². The quantitative estimate of drug-likeness (QED) is 0.762. The van der Waals surface area contributed by atoms with Crippen molar-refractivity contribution in [2.75, 3.05) is 11.9 Å². The van der Waals surface area contributed by atoms with Crippen LogP contribution in [0.5, 0.6) is 5.75 Å². The second kappa shape index (κ2) is 7.92. The molecule has 2 aromatic carbocycles. The number of benzene rings is 2. The Balaban J connectivity index is 2.03. The first kappa shape index (κ1) is 17.2. The van der Waals surface area contributed by atoms with E-state index in [0.717, 1.165) is 15.7 Å². The molecule has 0 saturated heterocycles. The Bertz CT molecular complexity index is 728. The summed E-state index contributed by atoms with van der Waals surface area (Å²) >= 11 is 3.34. The van der Waals surface area contributed by atoms with Gasteiger partial charge in [0.25, 0.3) is 5.91 Å². The van der Waals surface area contributed by atoms with Gasteiger partial charge in [-0.1, -0.05) is 35.0 Å². The molecule has 0 aromatic heterocycles. The molecule has 0 atom stereocenters. The molecule has 2 aromatic rings. The third-order valence-electron chi connectivity index (χ3n) is 3.22. The third-order valence-corrected chi connectivity index (χ3v) is 3.72. The molecule has 0 unspecified atom stereocenters. The number of amides is 1. The van der Waals surface area contributed by atoms with Gasteiger partial charge in [0.05, 0.1) is 5.56 Å². The van der Waals surface area contributed by atoms with Gasteiger partial charge in [-0.2, -0.15) is 0 Å². The van der Waals surface area contributed by atoms with Crippen molar-refractivity contribution in [3.05, 3.63) is 58.1 Å². The fraction of sp³-hybridized carbons (Fsp3) is 0.222. The number of ketones is 1. The van der Waals surface area contributed by atoms with Crippen molar-refractivity contribution in [1.82, 2.24) is 0 Å². The number of hydrogen-bond acceptors (Lipinski definition) is 3. The summed E-state index contributed by atoms with van der Waals surface area (Å²) in [5.74, 6) is 0.119. The Hall–Kier alpha value is -2.14. The van der Waals surface area contributed by atoms with Crippen LogP contribution < -0.4 is 10.1 Å². The Morgan fingerprint density at radius 1 is 1.17 bits per heavy atom. The number of hydrogen-bond donors (Lipinski definition) is 1. The molecule has 1 amide bonds. The lowest BCUT2D eigenvalue weighted by Crippen LogP contribution is -2.20. The van der Waals surface area contributed by atoms with Gasteiger partial charge in [0.15, 0.2) is 12.4 Å². The van der Waals surface area contributed by atoms with E-state index in [9.17, 15) is 9.59 Å². The van der Waals surface area contributed by atoms with Crippen LogP contribution in [-0.2, 0) is 4.79 Å².